The number of nitrogens with one attached hydrogen (secondary N) is 1. The third kappa shape index (κ3) is 3.10. The standard InChI is InChI=1S/C13H10BrFN2O2S2/c1-7-8(2)20-13(10(7)6-16)17-21(18,19)9-3-4-11(14)12(15)5-9/h3-5,17H,1-2H3. The highest BCUT2D eigenvalue weighted by Gasteiger charge is 2.21. The quantitative estimate of drug-likeness (QED) is 0.865. The molecule has 0 saturated heterocycles. The maximum atomic E-state index is 13.5. The predicted octanol–water partition coefficient (Wildman–Crippen LogP) is 3.94. The Labute approximate surface area is 134 Å². The molecule has 2 aromatic rings. The predicted molar refractivity (Wildman–Crippen MR) is 83.4 cm³/mol. The first-order chi connectivity index (χ1) is 9.76. The number of anilines is 1. The monoisotopic (exact) mass is 388 g/mol. The van der Waals surface area contributed by atoms with E-state index in [1.54, 1.807) is 13.8 Å². The summed E-state index contributed by atoms with van der Waals surface area (Å²) < 4.78 is 40.5. The fourth-order valence-electron chi connectivity index (χ4n) is 1.66. The highest BCUT2D eigenvalue weighted by Crippen LogP contribution is 2.33. The summed E-state index contributed by atoms with van der Waals surface area (Å²) in [5, 5.41) is 9.36. The van der Waals surface area contributed by atoms with Crippen LogP contribution in [-0.2, 0) is 10.0 Å². The third-order valence-electron chi connectivity index (χ3n) is 2.93. The van der Waals surface area contributed by atoms with Gasteiger partial charge < -0.3 is 0 Å². The van der Waals surface area contributed by atoms with Crippen molar-refractivity contribution in [1.29, 1.82) is 5.26 Å². The van der Waals surface area contributed by atoms with Gasteiger partial charge in [-0.1, -0.05) is 0 Å². The maximum absolute atomic E-state index is 13.5. The summed E-state index contributed by atoms with van der Waals surface area (Å²) >= 11 is 4.15. The smallest absolute Gasteiger partial charge is 0.262 e. The molecule has 0 atom stereocenters. The summed E-state index contributed by atoms with van der Waals surface area (Å²) in [6.45, 7) is 3.55. The lowest BCUT2D eigenvalue weighted by Crippen LogP contribution is -2.13. The largest absolute Gasteiger partial charge is 0.269 e. The number of sulfonamides is 1. The molecule has 0 fully saturated rings. The fraction of sp³-hybridized carbons (Fsp3) is 0.154. The van der Waals surface area contributed by atoms with Crippen LogP contribution in [0.15, 0.2) is 27.6 Å². The topological polar surface area (TPSA) is 70.0 Å². The summed E-state index contributed by atoms with van der Waals surface area (Å²) in [4.78, 5) is 0.655. The first-order valence-electron chi connectivity index (χ1n) is 5.74. The molecule has 8 heteroatoms. The molecule has 0 aliphatic carbocycles. The molecule has 1 aromatic carbocycles. The summed E-state index contributed by atoms with van der Waals surface area (Å²) in [5.41, 5.74) is 1.03. The van der Waals surface area contributed by atoms with Gasteiger partial charge in [-0.3, -0.25) is 4.72 Å². The van der Waals surface area contributed by atoms with Crippen LogP contribution in [0.3, 0.4) is 0 Å². The molecule has 1 heterocycles. The van der Waals surface area contributed by atoms with Gasteiger partial charge in [-0.25, -0.2) is 12.8 Å². The number of nitriles is 1. The van der Waals surface area contributed by atoms with Gasteiger partial charge in [0.25, 0.3) is 10.0 Å². The molecule has 110 valence electrons. The van der Waals surface area contributed by atoms with E-state index in [1.165, 1.54) is 23.5 Å². The highest BCUT2D eigenvalue weighted by atomic mass is 79.9. The normalized spacial score (nSPS) is 11.2. The van der Waals surface area contributed by atoms with Gasteiger partial charge in [-0.2, -0.15) is 5.26 Å². The van der Waals surface area contributed by atoms with Gasteiger partial charge >= 0.3 is 0 Å². The molecule has 0 amide bonds. The Hall–Kier alpha value is -1.43. The number of aryl methyl sites for hydroxylation is 1. The van der Waals surface area contributed by atoms with Crippen LogP contribution in [0, 0.1) is 31.0 Å². The molecule has 2 rings (SSSR count). The Morgan fingerprint density at radius 2 is 2.05 bits per heavy atom. The molecule has 4 nitrogen and oxygen atoms in total. The number of hydrogen-bond donors (Lipinski definition) is 1. The first kappa shape index (κ1) is 15.9. The Bertz CT molecular complexity index is 854. The summed E-state index contributed by atoms with van der Waals surface area (Å²) in [7, 11) is -3.94. The SMILES string of the molecule is Cc1sc(NS(=O)(=O)c2ccc(Br)c(F)c2)c(C#N)c1C. The average molecular weight is 389 g/mol. The minimum Gasteiger partial charge on any atom is -0.269 e. The molecule has 0 saturated carbocycles. The van der Waals surface area contributed by atoms with Crippen molar-refractivity contribution in [3.05, 3.63) is 44.5 Å². The van der Waals surface area contributed by atoms with Crippen LogP contribution in [0.1, 0.15) is 16.0 Å². The van der Waals surface area contributed by atoms with Crippen molar-refractivity contribution in [1.82, 2.24) is 0 Å². The lowest BCUT2D eigenvalue weighted by molar-refractivity contribution is 0.594. The Balaban J connectivity index is 2.45. The summed E-state index contributed by atoms with van der Waals surface area (Å²) in [5.74, 6) is -0.670. The van der Waals surface area contributed by atoms with Gasteiger partial charge in [0.2, 0.25) is 0 Å². The lowest BCUT2D eigenvalue weighted by atomic mass is 10.2. The molecule has 1 N–H and O–H groups in total. The number of nitrogens with zero attached hydrogens (tertiary/aromatic N) is 1. The van der Waals surface area contributed by atoms with E-state index in [9.17, 15) is 12.8 Å². The lowest BCUT2D eigenvalue weighted by Gasteiger charge is -2.07. The van der Waals surface area contributed by atoms with E-state index in [0.717, 1.165) is 16.5 Å². The Kier molecular flexibility index (Phi) is 4.37. The molecule has 0 bridgehead atoms. The van der Waals surface area contributed by atoms with Gasteiger partial charge in [0.15, 0.2) is 0 Å². The zero-order valence-electron chi connectivity index (χ0n) is 11.1. The summed E-state index contributed by atoms with van der Waals surface area (Å²) in [6.07, 6.45) is 0. The first-order valence-corrected chi connectivity index (χ1v) is 8.83. The van der Waals surface area contributed by atoms with Gasteiger partial charge in [0.1, 0.15) is 16.9 Å². The van der Waals surface area contributed by atoms with Crippen molar-refractivity contribution >= 4 is 42.3 Å². The van der Waals surface area contributed by atoms with Gasteiger partial charge in [0.05, 0.1) is 14.9 Å². The van der Waals surface area contributed by atoms with E-state index in [1.807, 2.05) is 6.07 Å². The van der Waals surface area contributed by atoms with Gasteiger partial charge in [-0.05, 0) is 53.5 Å². The molecule has 1 aromatic heterocycles. The Morgan fingerprint density at radius 1 is 1.38 bits per heavy atom. The number of benzene rings is 1. The summed E-state index contributed by atoms with van der Waals surface area (Å²) in [6, 6.07) is 5.51. The molecule has 0 radical (unpaired) electrons. The van der Waals surface area contributed by atoms with E-state index >= 15 is 0 Å². The third-order valence-corrected chi connectivity index (χ3v) is 6.17. The van der Waals surface area contributed by atoms with Crippen molar-refractivity contribution in [2.75, 3.05) is 4.72 Å². The van der Waals surface area contributed by atoms with Crippen molar-refractivity contribution < 1.29 is 12.8 Å². The van der Waals surface area contributed by atoms with Crippen molar-refractivity contribution in [2.45, 2.75) is 18.7 Å². The minimum absolute atomic E-state index is 0.182. The second kappa shape index (κ2) is 5.75. The van der Waals surface area contributed by atoms with E-state index in [0.29, 0.717) is 5.56 Å². The van der Waals surface area contributed by atoms with Gasteiger partial charge in [0, 0.05) is 4.88 Å². The van der Waals surface area contributed by atoms with Crippen LogP contribution in [0.4, 0.5) is 9.39 Å². The van der Waals surface area contributed by atoms with E-state index in [-0.39, 0.29) is 14.4 Å². The van der Waals surface area contributed by atoms with Crippen LogP contribution in [0.5, 0.6) is 0 Å². The maximum Gasteiger partial charge on any atom is 0.262 e. The molecule has 0 aliphatic heterocycles. The van der Waals surface area contributed by atoms with Crippen LogP contribution in [-0.4, -0.2) is 8.42 Å². The van der Waals surface area contributed by atoms with Crippen molar-refractivity contribution in [2.24, 2.45) is 0 Å². The molecule has 0 unspecified atom stereocenters. The van der Waals surface area contributed by atoms with E-state index < -0.39 is 15.8 Å². The number of rotatable bonds is 3. The van der Waals surface area contributed by atoms with Crippen LogP contribution >= 0.6 is 27.3 Å². The average Bonchev–Trinajstić information content (AvgIpc) is 2.66. The van der Waals surface area contributed by atoms with Crippen LogP contribution in [0.25, 0.3) is 0 Å². The molecule has 21 heavy (non-hydrogen) atoms. The molecule has 0 aliphatic rings. The molecular weight excluding hydrogens is 379 g/mol. The minimum atomic E-state index is -3.94. The highest BCUT2D eigenvalue weighted by molar-refractivity contribution is 9.10. The van der Waals surface area contributed by atoms with Crippen molar-refractivity contribution in [3.8, 4) is 6.07 Å². The second-order valence-corrected chi connectivity index (χ2v) is 8.04. The zero-order chi connectivity index (χ0) is 15.8. The second-order valence-electron chi connectivity index (χ2n) is 4.28. The zero-order valence-corrected chi connectivity index (χ0v) is 14.3. The number of thiophene rings is 1. The number of halogens is 2. The molecular formula is C13H10BrFN2O2S2. The molecule has 0 spiro atoms. The van der Waals surface area contributed by atoms with E-state index in [4.69, 9.17) is 5.26 Å². The van der Waals surface area contributed by atoms with Crippen molar-refractivity contribution in [3.63, 3.8) is 0 Å². The van der Waals surface area contributed by atoms with Crippen LogP contribution in [0.2, 0.25) is 0 Å². The fourth-order valence-corrected chi connectivity index (χ4v) is 4.23. The Morgan fingerprint density at radius 3 is 2.62 bits per heavy atom. The van der Waals surface area contributed by atoms with E-state index in [2.05, 4.69) is 20.7 Å². The van der Waals surface area contributed by atoms with Crippen LogP contribution < -0.4 is 4.72 Å². The number of hydrogen-bond acceptors (Lipinski definition) is 4. The van der Waals surface area contributed by atoms with Gasteiger partial charge in [-0.15, -0.1) is 11.3 Å².